The molecule has 162 valence electrons. The van der Waals surface area contributed by atoms with Crippen molar-refractivity contribution in [1.82, 2.24) is 0 Å². The maximum Gasteiger partial charge on any atom is 0.534 e. The molecule has 1 aliphatic rings. The van der Waals surface area contributed by atoms with E-state index in [4.69, 9.17) is 0 Å². The fourth-order valence-corrected chi connectivity index (χ4v) is 4.37. The summed E-state index contributed by atoms with van der Waals surface area (Å²) in [6, 6.07) is 11.0. The number of hydrogen-bond acceptors (Lipinski definition) is 3. The molecule has 0 amide bonds. The van der Waals surface area contributed by atoms with Crippen LogP contribution < -0.4 is 0 Å². The summed E-state index contributed by atoms with van der Waals surface area (Å²) in [5.41, 5.74) is -5.87. The van der Waals surface area contributed by atoms with Gasteiger partial charge in [-0.2, -0.15) is 21.6 Å². The summed E-state index contributed by atoms with van der Waals surface area (Å²) in [7, 11) is -5.89. The van der Waals surface area contributed by atoms with Crippen molar-refractivity contribution >= 4 is 10.1 Å². The van der Waals surface area contributed by atoms with E-state index in [1.54, 1.807) is 12.1 Å². The van der Waals surface area contributed by atoms with Crippen LogP contribution in [-0.2, 0) is 27.1 Å². The molecule has 2 aromatic rings. The van der Waals surface area contributed by atoms with Crippen LogP contribution in [0.15, 0.2) is 60.4 Å². The molecule has 0 fully saturated rings. The smallest absolute Gasteiger partial charge is 0.380 e. The van der Waals surface area contributed by atoms with Crippen LogP contribution >= 0.6 is 0 Å². The Labute approximate surface area is 171 Å². The molecule has 0 heterocycles. The van der Waals surface area contributed by atoms with Crippen LogP contribution in [0.1, 0.15) is 30.4 Å². The number of halogens is 5. The Hall–Kier alpha value is -2.42. The molecule has 0 spiro atoms. The lowest BCUT2D eigenvalue weighted by Crippen LogP contribution is -2.36. The maximum atomic E-state index is 13.7. The van der Waals surface area contributed by atoms with Crippen LogP contribution in [0.25, 0.3) is 0 Å². The molecule has 0 atom stereocenters. The van der Waals surface area contributed by atoms with E-state index in [9.17, 15) is 30.4 Å². The average Bonchev–Trinajstić information content (AvgIpc) is 2.63. The standard InChI is InChI=1S/C21H19F5O3S/c22-17-7-3-5-15(11-17)13-20(14-16-6-4-8-18(23)12-16)10-2-1-9-19(20)29-30(27,28)21(24,25)26/h3-9,11-12H,1-2,10,13-14H2. The number of benzene rings is 2. The fourth-order valence-electron chi connectivity index (χ4n) is 3.79. The normalized spacial score (nSPS) is 16.8. The highest BCUT2D eigenvalue weighted by Crippen LogP contribution is 2.46. The first kappa shape index (κ1) is 22.3. The molecular formula is C21H19F5O3S. The number of allylic oxidation sites excluding steroid dienone is 2. The number of rotatable bonds is 6. The van der Waals surface area contributed by atoms with Gasteiger partial charge in [-0.15, -0.1) is 0 Å². The van der Waals surface area contributed by atoms with Crippen LogP contribution in [0, 0.1) is 17.0 Å². The Bertz CT molecular complexity index is 997. The summed E-state index contributed by atoms with van der Waals surface area (Å²) in [5.74, 6) is -1.41. The van der Waals surface area contributed by atoms with Crippen molar-refractivity contribution in [2.75, 3.05) is 0 Å². The average molecular weight is 446 g/mol. The summed E-state index contributed by atoms with van der Waals surface area (Å²) in [5, 5.41) is 0. The van der Waals surface area contributed by atoms with E-state index in [1.807, 2.05) is 0 Å². The van der Waals surface area contributed by atoms with Crippen LogP contribution in [0.4, 0.5) is 22.0 Å². The van der Waals surface area contributed by atoms with Gasteiger partial charge in [-0.05, 0) is 73.6 Å². The minimum atomic E-state index is -5.89. The van der Waals surface area contributed by atoms with Crippen LogP contribution in [0.3, 0.4) is 0 Å². The van der Waals surface area contributed by atoms with E-state index < -0.39 is 32.7 Å². The third-order valence-corrected chi connectivity index (χ3v) is 6.02. The predicted molar refractivity (Wildman–Crippen MR) is 101 cm³/mol. The lowest BCUT2D eigenvalue weighted by molar-refractivity contribution is -0.0536. The molecule has 9 heteroatoms. The van der Waals surface area contributed by atoms with Crippen molar-refractivity contribution in [2.45, 2.75) is 37.6 Å². The molecule has 0 unspecified atom stereocenters. The molecule has 3 nitrogen and oxygen atoms in total. The molecule has 0 N–H and O–H groups in total. The third kappa shape index (κ3) is 5.00. The topological polar surface area (TPSA) is 43.4 Å². The van der Waals surface area contributed by atoms with Gasteiger partial charge in [0.25, 0.3) is 0 Å². The quantitative estimate of drug-likeness (QED) is 0.326. The first-order chi connectivity index (χ1) is 14.0. The molecular weight excluding hydrogens is 427 g/mol. The zero-order valence-corrected chi connectivity index (χ0v) is 16.6. The Kier molecular flexibility index (Phi) is 6.21. The van der Waals surface area contributed by atoms with Gasteiger partial charge in [0.15, 0.2) is 0 Å². The lowest BCUT2D eigenvalue weighted by Gasteiger charge is -2.38. The van der Waals surface area contributed by atoms with Gasteiger partial charge in [0.2, 0.25) is 0 Å². The van der Waals surface area contributed by atoms with E-state index in [0.29, 0.717) is 30.4 Å². The Morgan fingerprint density at radius 2 is 1.47 bits per heavy atom. The highest BCUT2D eigenvalue weighted by molar-refractivity contribution is 7.87. The zero-order chi connectivity index (χ0) is 22.0. The van der Waals surface area contributed by atoms with E-state index in [2.05, 4.69) is 4.18 Å². The van der Waals surface area contributed by atoms with Gasteiger partial charge in [-0.3, -0.25) is 0 Å². The SMILES string of the molecule is O=S(=O)(OC1=CCCCC1(Cc1cccc(F)c1)Cc1cccc(F)c1)C(F)(F)F. The van der Waals surface area contributed by atoms with Crippen LogP contribution in [-0.4, -0.2) is 13.9 Å². The van der Waals surface area contributed by atoms with Gasteiger partial charge in [-0.1, -0.05) is 24.3 Å². The van der Waals surface area contributed by atoms with Crippen molar-refractivity contribution in [1.29, 1.82) is 0 Å². The molecule has 0 radical (unpaired) electrons. The van der Waals surface area contributed by atoms with E-state index in [0.717, 1.165) is 0 Å². The summed E-state index contributed by atoms with van der Waals surface area (Å²) in [6.45, 7) is 0. The first-order valence-corrected chi connectivity index (χ1v) is 10.6. The minimum absolute atomic E-state index is 0.0283. The summed E-state index contributed by atoms with van der Waals surface area (Å²) in [4.78, 5) is 0. The molecule has 30 heavy (non-hydrogen) atoms. The largest absolute Gasteiger partial charge is 0.534 e. The zero-order valence-electron chi connectivity index (χ0n) is 15.8. The molecule has 0 bridgehead atoms. The maximum absolute atomic E-state index is 13.7. The van der Waals surface area contributed by atoms with Crippen LogP contribution in [0.2, 0.25) is 0 Å². The first-order valence-electron chi connectivity index (χ1n) is 9.21. The van der Waals surface area contributed by atoms with E-state index >= 15 is 0 Å². The fraction of sp³-hybridized carbons (Fsp3) is 0.333. The van der Waals surface area contributed by atoms with Crippen molar-refractivity contribution < 1.29 is 34.6 Å². The Morgan fingerprint density at radius 1 is 0.933 bits per heavy atom. The predicted octanol–water partition coefficient (Wildman–Crippen LogP) is 5.67. The van der Waals surface area contributed by atoms with Crippen molar-refractivity contribution in [3.05, 3.63) is 83.1 Å². The van der Waals surface area contributed by atoms with Gasteiger partial charge in [0.1, 0.15) is 17.4 Å². The molecule has 2 aromatic carbocycles. The van der Waals surface area contributed by atoms with Gasteiger partial charge >= 0.3 is 15.6 Å². The van der Waals surface area contributed by atoms with Crippen molar-refractivity contribution in [3.63, 3.8) is 0 Å². The molecule has 0 saturated carbocycles. The second-order valence-electron chi connectivity index (χ2n) is 7.34. The lowest BCUT2D eigenvalue weighted by atomic mass is 9.69. The summed E-state index contributed by atoms with van der Waals surface area (Å²) >= 11 is 0. The monoisotopic (exact) mass is 446 g/mol. The summed E-state index contributed by atoms with van der Waals surface area (Å²) in [6.07, 6.45) is 2.56. The number of hydrogen-bond donors (Lipinski definition) is 0. The second-order valence-corrected chi connectivity index (χ2v) is 8.88. The van der Waals surface area contributed by atoms with Gasteiger partial charge < -0.3 is 4.18 Å². The van der Waals surface area contributed by atoms with Crippen molar-refractivity contribution in [3.8, 4) is 0 Å². The minimum Gasteiger partial charge on any atom is -0.380 e. The molecule has 1 aliphatic carbocycles. The molecule has 0 saturated heterocycles. The molecule has 0 aliphatic heterocycles. The molecule has 3 rings (SSSR count). The van der Waals surface area contributed by atoms with Crippen LogP contribution in [0.5, 0.6) is 0 Å². The van der Waals surface area contributed by atoms with E-state index in [1.165, 1.54) is 42.5 Å². The number of alkyl halides is 3. The molecule has 0 aromatic heterocycles. The highest BCUT2D eigenvalue weighted by Gasteiger charge is 2.51. The van der Waals surface area contributed by atoms with Gasteiger partial charge in [-0.25, -0.2) is 8.78 Å². The third-order valence-electron chi connectivity index (χ3n) is 5.06. The van der Waals surface area contributed by atoms with Crippen molar-refractivity contribution in [2.24, 2.45) is 5.41 Å². The highest BCUT2D eigenvalue weighted by atomic mass is 32.2. The van der Waals surface area contributed by atoms with E-state index in [-0.39, 0.29) is 18.6 Å². The Morgan fingerprint density at radius 3 is 1.93 bits per heavy atom. The van der Waals surface area contributed by atoms with Gasteiger partial charge in [0, 0.05) is 5.41 Å². The Balaban J connectivity index is 2.06. The van der Waals surface area contributed by atoms with Gasteiger partial charge in [0.05, 0.1) is 0 Å². The summed E-state index contributed by atoms with van der Waals surface area (Å²) < 4.78 is 94.3. The second kappa shape index (κ2) is 8.37.